The summed E-state index contributed by atoms with van der Waals surface area (Å²) in [5.41, 5.74) is 1.93. The zero-order valence-corrected chi connectivity index (χ0v) is 20.0. The fraction of sp³-hybridized carbons (Fsp3) is 0.480. The predicted molar refractivity (Wildman–Crippen MR) is 131 cm³/mol. The highest BCUT2D eigenvalue weighted by molar-refractivity contribution is 5.97. The maximum absolute atomic E-state index is 12.5. The summed E-state index contributed by atoms with van der Waals surface area (Å²) in [5.74, 6) is 0.673. The molecule has 1 aliphatic carbocycles. The minimum Gasteiger partial charge on any atom is -0.494 e. The van der Waals surface area contributed by atoms with Crippen LogP contribution in [0.3, 0.4) is 0 Å². The second kappa shape index (κ2) is 14.0. The van der Waals surface area contributed by atoms with Crippen LogP contribution in [-0.4, -0.2) is 44.8 Å². The van der Waals surface area contributed by atoms with Gasteiger partial charge in [-0.1, -0.05) is 37.6 Å². The van der Waals surface area contributed by atoms with Crippen LogP contribution in [0.2, 0.25) is 0 Å². The van der Waals surface area contributed by atoms with E-state index in [0.29, 0.717) is 37.1 Å². The van der Waals surface area contributed by atoms with E-state index in [1.54, 1.807) is 0 Å². The van der Waals surface area contributed by atoms with Gasteiger partial charge in [-0.3, -0.25) is 10.1 Å². The summed E-state index contributed by atoms with van der Waals surface area (Å²) >= 11 is 0. The molecule has 0 heterocycles. The van der Waals surface area contributed by atoms with Crippen molar-refractivity contribution in [3.63, 3.8) is 0 Å². The maximum atomic E-state index is 12.5. The SMILES string of the molecule is CCCOc1ccc(/N=C(/NCC2C=CC(C)=CC2)NC(=O)NC[C@H](CC)C(=O)OC)cc1. The summed E-state index contributed by atoms with van der Waals surface area (Å²) in [7, 11) is 1.34. The number of nitrogens with one attached hydrogen (secondary N) is 3. The lowest BCUT2D eigenvalue weighted by atomic mass is 9.97. The molecule has 1 aromatic carbocycles. The largest absolute Gasteiger partial charge is 0.494 e. The van der Waals surface area contributed by atoms with Gasteiger partial charge in [0.25, 0.3) is 0 Å². The van der Waals surface area contributed by atoms with Gasteiger partial charge < -0.3 is 20.1 Å². The minimum absolute atomic E-state index is 0.182. The molecule has 0 aromatic heterocycles. The van der Waals surface area contributed by atoms with E-state index in [1.807, 2.05) is 31.2 Å². The van der Waals surface area contributed by atoms with Crippen molar-refractivity contribution in [1.82, 2.24) is 16.0 Å². The molecule has 0 aliphatic heterocycles. The molecule has 0 spiro atoms. The number of urea groups is 1. The van der Waals surface area contributed by atoms with E-state index in [2.05, 4.69) is 53.0 Å². The number of allylic oxidation sites excluding steroid dienone is 3. The number of benzene rings is 1. The molecule has 8 heteroatoms. The Bertz CT molecular complexity index is 862. The Balaban J connectivity index is 2.04. The van der Waals surface area contributed by atoms with Gasteiger partial charge >= 0.3 is 12.0 Å². The number of amides is 2. The molecule has 0 saturated carbocycles. The van der Waals surface area contributed by atoms with Crippen LogP contribution in [0.15, 0.2) is 53.1 Å². The molecule has 0 bridgehead atoms. The summed E-state index contributed by atoms with van der Waals surface area (Å²) in [5, 5.41) is 8.73. The van der Waals surface area contributed by atoms with E-state index in [4.69, 9.17) is 9.47 Å². The van der Waals surface area contributed by atoms with Gasteiger partial charge in [-0.2, -0.15) is 0 Å². The molecule has 8 nitrogen and oxygen atoms in total. The summed E-state index contributed by atoms with van der Waals surface area (Å²) in [6.07, 6.45) is 8.87. The third-order valence-corrected chi connectivity index (χ3v) is 5.22. The summed E-state index contributed by atoms with van der Waals surface area (Å²) in [4.78, 5) is 28.8. The van der Waals surface area contributed by atoms with Crippen molar-refractivity contribution in [2.24, 2.45) is 16.8 Å². The monoisotopic (exact) mass is 456 g/mol. The first kappa shape index (κ1) is 26.0. The molecule has 2 rings (SSSR count). The van der Waals surface area contributed by atoms with Crippen molar-refractivity contribution >= 4 is 23.6 Å². The number of hydrogen-bond donors (Lipinski definition) is 3. The van der Waals surface area contributed by atoms with E-state index >= 15 is 0 Å². The second-order valence-electron chi connectivity index (χ2n) is 7.95. The van der Waals surface area contributed by atoms with Gasteiger partial charge in [0, 0.05) is 13.1 Å². The van der Waals surface area contributed by atoms with Gasteiger partial charge in [-0.25, -0.2) is 9.79 Å². The Labute approximate surface area is 196 Å². The van der Waals surface area contributed by atoms with Crippen LogP contribution in [0.25, 0.3) is 0 Å². The van der Waals surface area contributed by atoms with Crippen molar-refractivity contribution in [2.45, 2.75) is 40.0 Å². The molecule has 2 atom stereocenters. The molecule has 33 heavy (non-hydrogen) atoms. The highest BCUT2D eigenvalue weighted by Gasteiger charge is 2.18. The fourth-order valence-corrected chi connectivity index (χ4v) is 3.16. The zero-order valence-electron chi connectivity index (χ0n) is 20.0. The minimum atomic E-state index is -0.443. The Morgan fingerprint density at radius 3 is 2.55 bits per heavy atom. The van der Waals surface area contributed by atoms with E-state index in [9.17, 15) is 9.59 Å². The van der Waals surface area contributed by atoms with Crippen molar-refractivity contribution in [1.29, 1.82) is 0 Å². The molecule has 1 aliphatic rings. The van der Waals surface area contributed by atoms with Crippen LogP contribution in [0.5, 0.6) is 5.75 Å². The van der Waals surface area contributed by atoms with Gasteiger partial charge in [-0.05, 0) is 56.4 Å². The van der Waals surface area contributed by atoms with Crippen LogP contribution >= 0.6 is 0 Å². The highest BCUT2D eigenvalue weighted by Crippen LogP contribution is 2.19. The van der Waals surface area contributed by atoms with Crippen LogP contribution in [0, 0.1) is 11.8 Å². The molecule has 0 saturated heterocycles. The van der Waals surface area contributed by atoms with E-state index in [-0.39, 0.29) is 12.5 Å². The van der Waals surface area contributed by atoms with Gasteiger partial charge in [0.15, 0.2) is 0 Å². The Kier molecular flexibility index (Phi) is 11.0. The van der Waals surface area contributed by atoms with Gasteiger partial charge in [0.1, 0.15) is 5.75 Å². The van der Waals surface area contributed by atoms with Gasteiger partial charge in [-0.15, -0.1) is 0 Å². The van der Waals surface area contributed by atoms with E-state index < -0.39 is 11.9 Å². The number of nitrogens with zero attached hydrogens (tertiary/aromatic N) is 1. The molecule has 0 radical (unpaired) electrons. The normalized spacial score (nSPS) is 16.4. The molecule has 3 N–H and O–H groups in total. The lowest BCUT2D eigenvalue weighted by Gasteiger charge is -2.19. The molecule has 1 aromatic rings. The van der Waals surface area contributed by atoms with Gasteiger partial charge in [0.05, 0.1) is 25.3 Å². The lowest BCUT2D eigenvalue weighted by Crippen LogP contribution is -2.48. The topological polar surface area (TPSA) is 101 Å². The number of esters is 1. The lowest BCUT2D eigenvalue weighted by molar-refractivity contribution is -0.145. The third kappa shape index (κ3) is 9.39. The van der Waals surface area contributed by atoms with Crippen molar-refractivity contribution < 1.29 is 19.1 Å². The van der Waals surface area contributed by atoms with Crippen molar-refractivity contribution in [3.05, 3.63) is 48.1 Å². The predicted octanol–water partition coefficient (Wildman–Crippen LogP) is 4.07. The number of carbonyl (C=O) groups excluding carboxylic acids is 2. The Hall–Kier alpha value is -3.29. The zero-order chi connectivity index (χ0) is 24.1. The highest BCUT2D eigenvalue weighted by atomic mass is 16.5. The molecule has 180 valence electrons. The number of aliphatic imine (C=N–C) groups is 1. The van der Waals surface area contributed by atoms with Crippen LogP contribution in [0.4, 0.5) is 10.5 Å². The Morgan fingerprint density at radius 2 is 1.94 bits per heavy atom. The first-order valence-corrected chi connectivity index (χ1v) is 11.5. The summed E-state index contributed by atoms with van der Waals surface area (Å²) < 4.78 is 10.4. The summed E-state index contributed by atoms with van der Waals surface area (Å²) in [6.45, 7) is 7.46. The number of methoxy groups -OCH3 is 1. The number of hydrogen-bond acceptors (Lipinski definition) is 5. The average molecular weight is 457 g/mol. The number of guanidine groups is 1. The summed E-state index contributed by atoms with van der Waals surface area (Å²) in [6, 6.07) is 6.94. The van der Waals surface area contributed by atoms with Crippen LogP contribution in [0.1, 0.15) is 40.0 Å². The molecule has 0 fully saturated rings. The van der Waals surface area contributed by atoms with E-state index in [0.717, 1.165) is 18.6 Å². The standard InChI is InChI=1S/C25H36N4O4/c1-5-15-33-22-13-11-21(12-14-22)28-24(26-16-19-9-7-18(3)8-10-19)29-25(31)27-17-20(6-2)23(30)32-4/h7-9,11-14,19-20H,5-6,10,15-17H2,1-4H3,(H3,26,27,28,29,31)/t19?,20-/m0/s1. The quantitative estimate of drug-likeness (QED) is 0.280. The third-order valence-electron chi connectivity index (χ3n) is 5.22. The van der Waals surface area contributed by atoms with Gasteiger partial charge in [0.2, 0.25) is 5.96 Å². The van der Waals surface area contributed by atoms with Crippen LogP contribution in [-0.2, 0) is 9.53 Å². The smallest absolute Gasteiger partial charge is 0.321 e. The second-order valence-corrected chi connectivity index (χ2v) is 7.95. The molecular weight excluding hydrogens is 420 g/mol. The van der Waals surface area contributed by atoms with Crippen molar-refractivity contribution in [3.8, 4) is 5.75 Å². The fourth-order valence-electron chi connectivity index (χ4n) is 3.16. The van der Waals surface area contributed by atoms with Crippen molar-refractivity contribution in [2.75, 3.05) is 26.8 Å². The molecule has 1 unspecified atom stereocenters. The first-order valence-electron chi connectivity index (χ1n) is 11.5. The Morgan fingerprint density at radius 1 is 1.18 bits per heavy atom. The number of ether oxygens (including phenoxy) is 2. The number of carbonyl (C=O) groups is 2. The number of rotatable bonds is 10. The maximum Gasteiger partial charge on any atom is 0.321 e. The first-order chi connectivity index (χ1) is 15.9. The molecular formula is C25H36N4O4. The molecule has 2 amide bonds. The van der Waals surface area contributed by atoms with E-state index in [1.165, 1.54) is 12.7 Å². The average Bonchev–Trinajstić information content (AvgIpc) is 2.83. The van der Waals surface area contributed by atoms with Crippen LogP contribution < -0.4 is 20.7 Å².